The van der Waals surface area contributed by atoms with Gasteiger partial charge in [0.15, 0.2) is 0 Å². The summed E-state index contributed by atoms with van der Waals surface area (Å²) < 4.78 is 5.83. The monoisotopic (exact) mass is 439 g/mol. The second-order valence-corrected chi connectivity index (χ2v) is 10.3. The van der Waals surface area contributed by atoms with Crippen LogP contribution in [0.15, 0.2) is 18.3 Å². The van der Waals surface area contributed by atoms with Gasteiger partial charge in [0.25, 0.3) is 0 Å². The Labute approximate surface area is 190 Å². The fraction of sp³-hybridized carbons (Fsp3) is 0.654. The van der Waals surface area contributed by atoms with Crippen molar-refractivity contribution < 1.29 is 14.6 Å². The lowest BCUT2D eigenvalue weighted by atomic mass is 9.77. The van der Waals surface area contributed by atoms with E-state index in [1.54, 1.807) is 7.11 Å². The predicted octanol–water partition coefficient (Wildman–Crippen LogP) is 4.27. The average Bonchev–Trinajstić information content (AvgIpc) is 3.47. The molecule has 174 valence electrons. The first-order chi connectivity index (χ1) is 15.5. The van der Waals surface area contributed by atoms with Crippen LogP contribution in [0.25, 0.3) is 10.9 Å². The van der Waals surface area contributed by atoms with Gasteiger partial charge in [-0.05, 0) is 75.0 Å². The maximum Gasteiger partial charge on any atom is 0.306 e. The molecule has 32 heavy (non-hydrogen) atoms. The summed E-state index contributed by atoms with van der Waals surface area (Å²) in [6, 6.07) is 4.82. The molecule has 2 saturated carbocycles. The minimum absolute atomic E-state index is 0.150. The van der Waals surface area contributed by atoms with Crippen molar-refractivity contribution in [3.05, 3.63) is 29.5 Å². The van der Waals surface area contributed by atoms with E-state index in [0.29, 0.717) is 12.0 Å². The topological polar surface area (TPSA) is 68.8 Å². The number of aliphatic carboxylic acids is 1. The highest BCUT2D eigenvalue weighted by Crippen LogP contribution is 2.38. The summed E-state index contributed by atoms with van der Waals surface area (Å²) in [5.41, 5.74) is 3.68. The number of carbonyl (C=O) groups is 1. The van der Waals surface area contributed by atoms with Crippen molar-refractivity contribution in [2.45, 2.75) is 58.0 Å². The van der Waals surface area contributed by atoms with Crippen LogP contribution >= 0.6 is 0 Å². The van der Waals surface area contributed by atoms with Crippen molar-refractivity contribution in [3.8, 4) is 5.75 Å². The number of rotatable bonds is 7. The molecule has 1 saturated heterocycles. The zero-order valence-corrected chi connectivity index (χ0v) is 19.5. The zero-order chi connectivity index (χ0) is 22.2. The van der Waals surface area contributed by atoms with E-state index in [-0.39, 0.29) is 5.92 Å². The smallest absolute Gasteiger partial charge is 0.306 e. The number of methoxy groups -OCH3 is 1. The van der Waals surface area contributed by atoms with Gasteiger partial charge in [0.2, 0.25) is 0 Å². The molecule has 3 fully saturated rings. The van der Waals surface area contributed by atoms with Gasteiger partial charge in [-0.2, -0.15) is 0 Å². The summed E-state index contributed by atoms with van der Waals surface area (Å²) in [5.74, 6) is 1.69. The lowest BCUT2D eigenvalue weighted by Crippen LogP contribution is -2.56. The number of aryl methyl sites for hydroxylation is 1. The number of benzene rings is 1. The number of ether oxygens (including phenoxy) is 1. The van der Waals surface area contributed by atoms with Crippen molar-refractivity contribution >= 4 is 16.9 Å². The Morgan fingerprint density at radius 3 is 2.66 bits per heavy atom. The largest absolute Gasteiger partial charge is 0.496 e. The molecule has 0 radical (unpaired) electrons. The fourth-order valence-corrected chi connectivity index (χ4v) is 6.12. The number of aromatic nitrogens is 1. The van der Waals surface area contributed by atoms with Gasteiger partial charge in [-0.15, -0.1) is 0 Å². The van der Waals surface area contributed by atoms with Crippen LogP contribution in [0.2, 0.25) is 0 Å². The van der Waals surface area contributed by atoms with Gasteiger partial charge in [-0.1, -0.05) is 0 Å². The van der Waals surface area contributed by atoms with E-state index in [9.17, 15) is 9.90 Å². The number of hydrogen-bond donors (Lipinski definition) is 2. The summed E-state index contributed by atoms with van der Waals surface area (Å²) >= 11 is 0. The van der Waals surface area contributed by atoms with Crippen LogP contribution < -0.4 is 4.74 Å². The SMILES string of the molecule is COc1cc(C)c2[nH]ccc2c1CN1CCN(CC2CC2)C[C@H]1C1CCC(C(=O)O)CC1. The number of fused-ring (bicyclic) bond motifs is 1. The number of carboxylic acid groups (broad SMARTS) is 1. The predicted molar refractivity (Wildman–Crippen MR) is 126 cm³/mol. The lowest BCUT2D eigenvalue weighted by molar-refractivity contribution is -0.143. The molecule has 0 spiro atoms. The van der Waals surface area contributed by atoms with Crippen LogP contribution in [-0.2, 0) is 11.3 Å². The van der Waals surface area contributed by atoms with E-state index in [1.165, 1.54) is 41.4 Å². The highest BCUT2D eigenvalue weighted by atomic mass is 16.5. The second-order valence-electron chi connectivity index (χ2n) is 10.3. The molecule has 1 aromatic heterocycles. The number of carboxylic acids is 1. The van der Waals surface area contributed by atoms with Gasteiger partial charge >= 0.3 is 5.97 Å². The number of piperazine rings is 1. The van der Waals surface area contributed by atoms with Crippen molar-refractivity contribution in [3.63, 3.8) is 0 Å². The number of aromatic amines is 1. The van der Waals surface area contributed by atoms with E-state index < -0.39 is 5.97 Å². The highest BCUT2D eigenvalue weighted by molar-refractivity contribution is 5.88. The van der Waals surface area contributed by atoms with Gasteiger partial charge in [-0.3, -0.25) is 9.69 Å². The first-order valence-corrected chi connectivity index (χ1v) is 12.4. The molecule has 2 N–H and O–H groups in total. The normalized spacial score (nSPS) is 27.6. The summed E-state index contributed by atoms with van der Waals surface area (Å²) in [6.45, 7) is 7.57. The molecule has 0 amide bonds. The second kappa shape index (κ2) is 9.06. The van der Waals surface area contributed by atoms with E-state index in [0.717, 1.165) is 63.5 Å². The van der Waals surface area contributed by atoms with Crippen molar-refractivity contribution in [1.82, 2.24) is 14.8 Å². The van der Waals surface area contributed by atoms with Gasteiger partial charge in [0.05, 0.1) is 13.0 Å². The molecule has 1 atom stereocenters. The van der Waals surface area contributed by atoms with Crippen LogP contribution in [0, 0.1) is 24.7 Å². The summed E-state index contributed by atoms with van der Waals surface area (Å²) in [7, 11) is 1.77. The molecule has 3 aliphatic rings. The third-order valence-corrected chi connectivity index (χ3v) is 8.19. The van der Waals surface area contributed by atoms with Crippen LogP contribution in [0.3, 0.4) is 0 Å². The minimum Gasteiger partial charge on any atom is -0.496 e. The quantitative estimate of drug-likeness (QED) is 0.674. The Balaban J connectivity index is 1.39. The van der Waals surface area contributed by atoms with Crippen LogP contribution in [0.5, 0.6) is 5.75 Å². The molecule has 1 aromatic carbocycles. The molecule has 2 aromatic rings. The van der Waals surface area contributed by atoms with Gasteiger partial charge < -0.3 is 19.7 Å². The molecule has 0 bridgehead atoms. The zero-order valence-electron chi connectivity index (χ0n) is 19.5. The average molecular weight is 440 g/mol. The highest BCUT2D eigenvalue weighted by Gasteiger charge is 2.38. The van der Waals surface area contributed by atoms with E-state index in [2.05, 4.69) is 33.8 Å². The van der Waals surface area contributed by atoms with E-state index in [1.807, 2.05) is 6.20 Å². The molecule has 6 nitrogen and oxygen atoms in total. The third-order valence-electron chi connectivity index (χ3n) is 8.19. The van der Waals surface area contributed by atoms with Gasteiger partial charge in [0.1, 0.15) is 5.75 Å². The number of nitrogens with one attached hydrogen (secondary N) is 1. The molecule has 0 unspecified atom stereocenters. The molecular weight excluding hydrogens is 402 g/mol. The Hall–Kier alpha value is -2.05. The minimum atomic E-state index is -0.612. The van der Waals surface area contributed by atoms with Gasteiger partial charge in [0, 0.05) is 61.4 Å². The molecule has 2 aliphatic carbocycles. The summed E-state index contributed by atoms with van der Waals surface area (Å²) in [4.78, 5) is 20.2. The number of nitrogens with zero attached hydrogens (tertiary/aromatic N) is 2. The Morgan fingerprint density at radius 1 is 1.19 bits per heavy atom. The Bertz CT molecular complexity index is 959. The first-order valence-electron chi connectivity index (χ1n) is 12.4. The third kappa shape index (κ3) is 4.40. The fourth-order valence-electron chi connectivity index (χ4n) is 6.12. The van der Waals surface area contributed by atoms with E-state index in [4.69, 9.17) is 4.74 Å². The van der Waals surface area contributed by atoms with Crippen molar-refractivity contribution in [2.75, 3.05) is 33.3 Å². The summed E-state index contributed by atoms with van der Waals surface area (Å²) in [6.07, 6.45) is 8.51. The Morgan fingerprint density at radius 2 is 1.97 bits per heavy atom. The Kier molecular flexibility index (Phi) is 6.17. The summed E-state index contributed by atoms with van der Waals surface area (Å²) in [5, 5.41) is 10.7. The molecule has 1 aliphatic heterocycles. The van der Waals surface area contributed by atoms with Crippen LogP contribution in [0.4, 0.5) is 0 Å². The molecule has 6 heteroatoms. The molecule has 5 rings (SSSR count). The maximum atomic E-state index is 11.5. The van der Waals surface area contributed by atoms with Crippen molar-refractivity contribution in [2.24, 2.45) is 17.8 Å². The van der Waals surface area contributed by atoms with E-state index >= 15 is 0 Å². The molecular formula is C26H37N3O3. The first kappa shape index (κ1) is 21.8. The maximum absolute atomic E-state index is 11.5. The van der Waals surface area contributed by atoms with Gasteiger partial charge in [-0.25, -0.2) is 0 Å². The van der Waals surface area contributed by atoms with Crippen molar-refractivity contribution in [1.29, 1.82) is 0 Å². The van der Waals surface area contributed by atoms with Crippen LogP contribution in [-0.4, -0.2) is 65.2 Å². The molecule has 2 heterocycles. The number of hydrogen-bond acceptors (Lipinski definition) is 4. The van der Waals surface area contributed by atoms with Crippen LogP contribution in [0.1, 0.15) is 49.7 Å². The standard InChI is InChI=1S/C26H37N3O3/c1-17-13-24(32-2)22(21-9-10-27-25(17)21)15-29-12-11-28(14-18-3-4-18)16-23(29)19-5-7-20(8-6-19)26(30)31/h9-10,13,18-20,23,27H,3-8,11-12,14-16H2,1-2H3,(H,30,31)/t19?,20?,23-/m0/s1. The lowest BCUT2D eigenvalue weighted by Gasteiger charge is -2.46. The number of H-pyrrole nitrogens is 1.